The van der Waals surface area contributed by atoms with Crippen molar-refractivity contribution in [3.05, 3.63) is 81.9 Å². The number of hydrogen-bond acceptors (Lipinski definition) is 5. The zero-order valence-corrected chi connectivity index (χ0v) is 23.3. The van der Waals surface area contributed by atoms with Gasteiger partial charge in [0.05, 0.1) is 20.3 Å². The largest absolute Gasteiger partial charge is 0.497 e. The van der Waals surface area contributed by atoms with Crippen molar-refractivity contribution in [2.75, 3.05) is 27.4 Å². The second-order valence-corrected chi connectivity index (χ2v) is 9.89. The van der Waals surface area contributed by atoms with Gasteiger partial charge in [-0.1, -0.05) is 45.9 Å². The van der Waals surface area contributed by atoms with Gasteiger partial charge in [0.1, 0.15) is 5.75 Å². The average molecular weight is 507 g/mol. The van der Waals surface area contributed by atoms with Crippen LogP contribution in [0.15, 0.2) is 64.7 Å². The molecule has 6 heteroatoms. The van der Waals surface area contributed by atoms with E-state index in [0.29, 0.717) is 49.1 Å². The predicted octanol–water partition coefficient (Wildman–Crippen LogP) is 6.25. The smallest absolute Gasteiger partial charge is 0.251 e. The molecule has 0 saturated heterocycles. The maximum atomic E-state index is 12.8. The zero-order valence-electron chi connectivity index (χ0n) is 23.3. The molecule has 1 heterocycles. The molecule has 0 bridgehead atoms. The molecule has 3 atom stereocenters. The minimum Gasteiger partial charge on any atom is -0.497 e. The number of hydrogen-bond donors (Lipinski definition) is 0. The van der Waals surface area contributed by atoms with Gasteiger partial charge in [-0.3, -0.25) is 4.79 Å². The zero-order chi connectivity index (χ0) is 26.9. The molecular formula is C31H42N2O4. The molecule has 200 valence electrons. The van der Waals surface area contributed by atoms with Crippen molar-refractivity contribution in [3.8, 4) is 5.75 Å². The molecule has 1 saturated carbocycles. The van der Waals surface area contributed by atoms with Gasteiger partial charge in [0.2, 0.25) is 5.90 Å². The average Bonchev–Trinajstić information content (AvgIpc) is 3.67. The number of benzene rings is 1. The lowest BCUT2D eigenvalue weighted by molar-refractivity contribution is 0.186. The Balaban J connectivity index is 1.84. The fraction of sp³-hybridized carbons (Fsp3) is 0.484. The highest BCUT2D eigenvalue weighted by Crippen LogP contribution is 2.49. The molecule has 6 nitrogen and oxygen atoms in total. The Kier molecular flexibility index (Phi) is 10.3. The maximum absolute atomic E-state index is 12.8. The Morgan fingerprint density at radius 3 is 2.65 bits per heavy atom. The first-order valence-electron chi connectivity index (χ1n) is 13.3. The summed E-state index contributed by atoms with van der Waals surface area (Å²) in [5, 5.41) is 0. The highest BCUT2D eigenvalue weighted by atomic mass is 16.5. The summed E-state index contributed by atoms with van der Waals surface area (Å²) in [6, 6.07) is 9.99. The van der Waals surface area contributed by atoms with E-state index in [4.69, 9.17) is 14.2 Å². The Morgan fingerprint density at radius 1 is 1.24 bits per heavy atom. The second-order valence-electron chi connectivity index (χ2n) is 9.89. The van der Waals surface area contributed by atoms with E-state index in [1.165, 1.54) is 11.1 Å². The normalized spacial score (nSPS) is 18.4. The van der Waals surface area contributed by atoms with E-state index in [1.807, 2.05) is 25.3 Å². The van der Waals surface area contributed by atoms with Crippen LogP contribution in [-0.2, 0) is 22.4 Å². The minimum absolute atomic E-state index is 0.0758. The van der Waals surface area contributed by atoms with Gasteiger partial charge in [0.15, 0.2) is 0 Å². The van der Waals surface area contributed by atoms with E-state index in [-0.39, 0.29) is 5.56 Å². The molecule has 3 unspecified atom stereocenters. The number of rotatable bonds is 13. The van der Waals surface area contributed by atoms with Gasteiger partial charge in [-0.05, 0) is 66.5 Å². The second kappa shape index (κ2) is 13.4. The van der Waals surface area contributed by atoms with Crippen molar-refractivity contribution in [2.45, 2.75) is 59.4 Å². The Hall–Kier alpha value is -3.12. The van der Waals surface area contributed by atoms with Crippen LogP contribution in [-0.4, -0.2) is 37.9 Å². The van der Waals surface area contributed by atoms with E-state index in [0.717, 1.165) is 36.1 Å². The number of methoxy groups -OCH3 is 2. The van der Waals surface area contributed by atoms with Crippen molar-refractivity contribution < 1.29 is 14.2 Å². The molecule has 1 aliphatic carbocycles. The highest BCUT2D eigenvalue weighted by molar-refractivity contribution is 6.20. The fourth-order valence-corrected chi connectivity index (χ4v) is 4.46. The Morgan fingerprint density at radius 2 is 2.03 bits per heavy atom. The number of aryl methyl sites for hydroxylation is 1. The third kappa shape index (κ3) is 7.68. The van der Waals surface area contributed by atoms with Crippen molar-refractivity contribution in [1.82, 2.24) is 4.57 Å². The van der Waals surface area contributed by atoms with E-state index in [2.05, 4.69) is 50.6 Å². The van der Waals surface area contributed by atoms with Crippen LogP contribution >= 0.6 is 0 Å². The summed E-state index contributed by atoms with van der Waals surface area (Å²) < 4.78 is 18.6. The van der Waals surface area contributed by atoms with E-state index >= 15 is 0 Å². The molecule has 1 aromatic carbocycles. The van der Waals surface area contributed by atoms with Crippen LogP contribution < -0.4 is 10.3 Å². The SMILES string of the molecule is C=C(C)N=C(OCC1CC1c1ccc(OC)cc1CC)/C(=C\C(C)CC)c1ccn(CCOC)c(=O)c1. The molecule has 3 rings (SSSR count). The first-order chi connectivity index (χ1) is 17.8. The molecule has 0 aliphatic heterocycles. The van der Waals surface area contributed by atoms with Crippen LogP contribution in [0.3, 0.4) is 0 Å². The number of allylic oxidation sites excluding steroid dienone is 2. The minimum atomic E-state index is -0.0758. The lowest BCUT2D eigenvalue weighted by Gasteiger charge is -2.16. The molecule has 37 heavy (non-hydrogen) atoms. The molecule has 0 N–H and O–H groups in total. The molecule has 2 aromatic rings. The number of aliphatic imine (C=N–C) groups is 1. The van der Waals surface area contributed by atoms with Crippen molar-refractivity contribution in [2.24, 2.45) is 16.8 Å². The van der Waals surface area contributed by atoms with Crippen LogP contribution in [0.4, 0.5) is 0 Å². The third-order valence-electron chi connectivity index (χ3n) is 6.95. The summed E-state index contributed by atoms with van der Waals surface area (Å²) in [7, 11) is 3.34. The van der Waals surface area contributed by atoms with Gasteiger partial charge in [-0.15, -0.1) is 0 Å². The molecule has 0 amide bonds. The standard InChI is InChI=1S/C31H42N2O4/c1-8-22(5)16-29(24-12-13-33(14-15-35-6)30(34)19-24)31(32-21(3)4)37-20-25-18-28(25)27-11-10-26(36-7)17-23(27)9-2/h10-13,16-17,19,22,25,28H,3,8-9,14-15,18,20H2,1-2,4-7H3/b29-16-,32-31?. The lowest BCUT2D eigenvalue weighted by atomic mass is 9.99. The topological polar surface area (TPSA) is 62.1 Å². The Bertz CT molecular complexity index is 1190. The van der Waals surface area contributed by atoms with Crippen molar-refractivity contribution in [1.29, 1.82) is 0 Å². The van der Waals surface area contributed by atoms with Crippen LogP contribution in [0.2, 0.25) is 0 Å². The van der Waals surface area contributed by atoms with Gasteiger partial charge in [0, 0.05) is 43.1 Å². The number of ether oxygens (including phenoxy) is 3. The summed E-state index contributed by atoms with van der Waals surface area (Å²) in [4.78, 5) is 17.5. The molecule has 1 aliphatic rings. The van der Waals surface area contributed by atoms with Crippen LogP contribution in [0.5, 0.6) is 5.75 Å². The molecule has 0 spiro atoms. The first-order valence-corrected chi connectivity index (χ1v) is 13.3. The summed E-state index contributed by atoms with van der Waals surface area (Å²) in [5.41, 5.74) is 4.93. The van der Waals surface area contributed by atoms with Gasteiger partial charge in [0.25, 0.3) is 5.56 Å². The highest BCUT2D eigenvalue weighted by Gasteiger charge is 2.40. The summed E-state index contributed by atoms with van der Waals surface area (Å²) in [6.45, 7) is 13.9. The molecule has 1 fully saturated rings. The van der Waals surface area contributed by atoms with Gasteiger partial charge in [-0.25, -0.2) is 4.99 Å². The molecule has 1 aromatic heterocycles. The first kappa shape index (κ1) is 28.5. The number of nitrogens with zero attached hydrogens (tertiary/aromatic N) is 2. The van der Waals surface area contributed by atoms with E-state index in [1.54, 1.807) is 24.9 Å². The summed E-state index contributed by atoms with van der Waals surface area (Å²) in [6.07, 6.45) is 6.98. The van der Waals surface area contributed by atoms with Crippen molar-refractivity contribution >= 4 is 11.5 Å². The lowest BCUT2D eigenvalue weighted by Crippen LogP contribution is -2.22. The number of pyridine rings is 1. The fourth-order valence-electron chi connectivity index (χ4n) is 4.46. The van der Waals surface area contributed by atoms with Crippen LogP contribution in [0.25, 0.3) is 5.57 Å². The van der Waals surface area contributed by atoms with E-state index in [9.17, 15) is 4.79 Å². The molecular weight excluding hydrogens is 464 g/mol. The third-order valence-corrected chi connectivity index (χ3v) is 6.95. The monoisotopic (exact) mass is 506 g/mol. The predicted molar refractivity (Wildman–Crippen MR) is 151 cm³/mol. The van der Waals surface area contributed by atoms with Crippen molar-refractivity contribution in [3.63, 3.8) is 0 Å². The van der Waals surface area contributed by atoms with E-state index < -0.39 is 0 Å². The van der Waals surface area contributed by atoms with Gasteiger partial charge in [-0.2, -0.15) is 0 Å². The van der Waals surface area contributed by atoms with Gasteiger partial charge >= 0.3 is 0 Å². The van der Waals surface area contributed by atoms with Crippen LogP contribution in [0.1, 0.15) is 63.1 Å². The van der Waals surface area contributed by atoms with Crippen LogP contribution in [0, 0.1) is 11.8 Å². The maximum Gasteiger partial charge on any atom is 0.251 e. The quantitative estimate of drug-likeness (QED) is 0.238. The number of aromatic nitrogens is 1. The summed E-state index contributed by atoms with van der Waals surface area (Å²) >= 11 is 0. The summed E-state index contributed by atoms with van der Waals surface area (Å²) in [5.74, 6) is 2.61. The Labute approximate surface area is 221 Å². The van der Waals surface area contributed by atoms with Gasteiger partial charge < -0.3 is 18.8 Å². The molecule has 0 radical (unpaired) electrons.